The van der Waals surface area contributed by atoms with Crippen molar-refractivity contribution >= 4 is 17.5 Å². The van der Waals surface area contributed by atoms with Crippen molar-refractivity contribution in [3.05, 3.63) is 29.8 Å². The van der Waals surface area contributed by atoms with Gasteiger partial charge in [0.05, 0.1) is 13.2 Å². The number of carbonyl (C=O) groups is 2. The van der Waals surface area contributed by atoms with E-state index in [9.17, 15) is 9.59 Å². The van der Waals surface area contributed by atoms with E-state index in [0.717, 1.165) is 71.6 Å². The van der Waals surface area contributed by atoms with Gasteiger partial charge in [-0.1, -0.05) is 6.07 Å². The molecule has 3 aliphatic rings. The summed E-state index contributed by atoms with van der Waals surface area (Å²) < 4.78 is 10.8. The van der Waals surface area contributed by atoms with E-state index >= 15 is 0 Å². The van der Waals surface area contributed by atoms with E-state index in [1.807, 2.05) is 23.1 Å². The molecule has 4 rings (SSSR count). The van der Waals surface area contributed by atoms with Gasteiger partial charge in [-0.15, -0.1) is 0 Å². The highest BCUT2D eigenvalue weighted by Gasteiger charge is 2.26. The maximum Gasteiger partial charge on any atom is 0.253 e. The van der Waals surface area contributed by atoms with Crippen LogP contribution in [-0.4, -0.2) is 80.3 Å². The van der Waals surface area contributed by atoms with Gasteiger partial charge in [0.2, 0.25) is 0 Å². The molecular formula is C22H31N3O4. The number of rotatable bonds is 5. The lowest BCUT2D eigenvalue weighted by molar-refractivity contribution is -0.124. The molecule has 158 valence electrons. The van der Waals surface area contributed by atoms with Gasteiger partial charge < -0.3 is 19.7 Å². The third-order valence-corrected chi connectivity index (χ3v) is 6.12. The summed E-state index contributed by atoms with van der Waals surface area (Å²) in [5.74, 6) is 0.563. The zero-order chi connectivity index (χ0) is 20.1. The Bertz CT molecular complexity index is 706. The lowest BCUT2D eigenvalue weighted by Gasteiger charge is -2.36. The number of ether oxygens (including phenoxy) is 2. The Morgan fingerprint density at radius 2 is 1.83 bits per heavy atom. The van der Waals surface area contributed by atoms with E-state index in [-0.39, 0.29) is 17.9 Å². The Hall–Kier alpha value is -1.96. The van der Waals surface area contributed by atoms with Crippen LogP contribution in [0.1, 0.15) is 36.0 Å². The molecule has 0 spiro atoms. The fourth-order valence-electron chi connectivity index (χ4n) is 4.39. The second-order valence-electron chi connectivity index (χ2n) is 8.22. The van der Waals surface area contributed by atoms with Crippen molar-refractivity contribution in [1.29, 1.82) is 0 Å². The number of carbonyl (C=O) groups excluding carboxylic acids is 2. The molecule has 0 unspecified atom stereocenters. The van der Waals surface area contributed by atoms with Gasteiger partial charge in [0.15, 0.2) is 0 Å². The van der Waals surface area contributed by atoms with Gasteiger partial charge in [0, 0.05) is 50.6 Å². The van der Waals surface area contributed by atoms with Crippen LogP contribution >= 0.6 is 0 Å². The number of likely N-dealkylation sites (tertiary alicyclic amines) is 1. The van der Waals surface area contributed by atoms with E-state index in [1.54, 1.807) is 6.07 Å². The fourth-order valence-corrected chi connectivity index (χ4v) is 4.39. The number of piperidine rings is 1. The van der Waals surface area contributed by atoms with E-state index in [4.69, 9.17) is 9.47 Å². The van der Waals surface area contributed by atoms with Crippen LogP contribution in [0.5, 0.6) is 0 Å². The minimum absolute atomic E-state index is 0.0445. The Morgan fingerprint density at radius 1 is 1.03 bits per heavy atom. The number of benzene rings is 1. The lowest BCUT2D eigenvalue weighted by atomic mass is 9.95. The molecular weight excluding hydrogens is 370 g/mol. The van der Waals surface area contributed by atoms with Gasteiger partial charge in [0.25, 0.3) is 11.8 Å². The molecule has 2 amide bonds. The first-order valence-corrected chi connectivity index (χ1v) is 10.8. The summed E-state index contributed by atoms with van der Waals surface area (Å²) in [5, 5.41) is 2.88. The van der Waals surface area contributed by atoms with Crippen LogP contribution in [-0.2, 0) is 14.3 Å². The normalized spacial score (nSPS) is 23.9. The molecule has 0 saturated carbocycles. The maximum atomic E-state index is 13.0. The van der Waals surface area contributed by atoms with Crippen molar-refractivity contribution in [2.75, 3.05) is 57.9 Å². The average molecular weight is 402 g/mol. The second-order valence-corrected chi connectivity index (χ2v) is 8.22. The van der Waals surface area contributed by atoms with Crippen LogP contribution in [0, 0.1) is 5.92 Å². The maximum absolute atomic E-state index is 13.0. The topological polar surface area (TPSA) is 71.1 Å². The molecule has 1 atom stereocenters. The molecule has 0 aromatic heterocycles. The quantitative estimate of drug-likeness (QED) is 0.817. The number of amides is 2. The Morgan fingerprint density at radius 3 is 2.55 bits per heavy atom. The summed E-state index contributed by atoms with van der Waals surface area (Å²) in [6.45, 7) is 7.02. The highest BCUT2D eigenvalue weighted by molar-refractivity contribution is 5.98. The Kier molecular flexibility index (Phi) is 6.79. The van der Waals surface area contributed by atoms with Crippen LogP contribution < -0.4 is 5.32 Å². The van der Waals surface area contributed by atoms with E-state index in [1.165, 1.54) is 0 Å². The number of nitrogens with zero attached hydrogens (tertiary/aromatic N) is 2. The standard InChI is InChI=1S/C22H31N3O4/c26-21(20-5-2-12-29-20)23-19-4-1-3-18(15-19)22(27)25-8-6-17(7-9-25)16-24-10-13-28-14-11-24/h1,3-4,15,17,20H,2,5-14,16H2,(H,23,26)/t20-/m0/s1. The van der Waals surface area contributed by atoms with Crippen molar-refractivity contribution < 1.29 is 19.1 Å². The number of anilines is 1. The van der Waals surface area contributed by atoms with Crippen LogP contribution in [0.3, 0.4) is 0 Å². The fraction of sp³-hybridized carbons (Fsp3) is 0.636. The molecule has 1 aromatic rings. The monoisotopic (exact) mass is 401 g/mol. The first-order chi connectivity index (χ1) is 14.2. The SMILES string of the molecule is O=C(Nc1cccc(C(=O)N2CCC(CN3CCOCC3)CC2)c1)[C@@H]1CCCO1. The van der Waals surface area contributed by atoms with Gasteiger partial charge in [-0.05, 0) is 49.8 Å². The molecule has 3 fully saturated rings. The first-order valence-electron chi connectivity index (χ1n) is 10.8. The molecule has 7 nitrogen and oxygen atoms in total. The van der Waals surface area contributed by atoms with Gasteiger partial charge in [-0.25, -0.2) is 0 Å². The van der Waals surface area contributed by atoms with Crippen molar-refractivity contribution in [3.8, 4) is 0 Å². The van der Waals surface area contributed by atoms with Crippen LogP contribution in [0.4, 0.5) is 5.69 Å². The molecule has 0 radical (unpaired) electrons. The third kappa shape index (κ3) is 5.35. The highest BCUT2D eigenvalue weighted by Crippen LogP contribution is 2.22. The lowest BCUT2D eigenvalue weighted by Crippen LogP contribution is -2.44. The molecule has 1 aromatic carbocycles. The van der Waals surface area contributed by atoms with E-state index in [0.29, 0.717) is 23.8 Å². The van der Waals surface area contributed by atoms with Crippen molar-refractivity contribution in [3.63, 3.8) is 0 Å². The molecule has 3 aliphatic heterocycles. The Labute approximate surface area is 172 Å². The smallest absolute Gasteiger partial charge is 0.253 e. The van der Waals surface area contributed by atoms with Crippen molar-refractivity contribution in [2.45, 2.75) is 31.8 Å². The first kappa shape index (κ1) is 20.3. The Balaban J connectivity index is 1.28. The van der Waals surface area contributed by atoms with Crippen molar-refractivity contribution in [2.24, 2.45) is 5.92 Å². The van der Waals surface area contributed by atoms with E-state index in [2.05, 4.69) is 10.2 Å². The summed E-state index contributed by atoms with van der Waals surface area (Å²) in [4.78, 5) is 29.6. The summed E-state index contributed by atoms with van der Waals surface area (Å²) in [6, 6.07) is 7.24. The minimum atomic E-state index is -0.375. The number of hydrogen-bond acceptors (Lipinski definition) is 5. The number of nitrogens with one attached hydrogen (secondary N) is 1. The predicted octanol–water partition coefficient (Wildman–Crippen LogP) is 1.99. The second kappa shape index (κ2) is 9.69. The minimum Gasteiger partial charge on any atom is -0.379 e. The van der Waals surface area contributed by atoms with Crippen LogP contribution in [0.15, 0.2) is 24.3 Å². The molecule has 7 heteroatoms. The molecule has 3 heterocycles. The summed E-state index contributed by atoms with van der Waals surface area (Å²) in [6.07, 6.45) is 3.37. The number of morpholine rings is 1. The van der Waals surface area contributed by atoms with Gasteiger partial charge in [-0.3, -0.25) is 14.5 Å². The molecule has 3 saturated heterocycles. The zero-order valence-electron chi connectivity index (χ0n) is 17.0. The molecule has 29 heavy (non-hydrogen) atoms. The van der Waals surface area contributed by atoms with Crippen molar-refractivity contribution in [1.82, 2.24) is 9.80 Å². The molecule has 0 aliphatic carbocycles. The van der Waals surface area contributed by atoms with Gasteiger partial charge in [-0.2, -0.15) is 0 Å². The van der Waals surface area contributed by atoms with Crippen LogP contribution in [0.2, 0.25) is 0 Å². The molecule has 1 N–H and O–H groups in total. The predicted molar refractivity (Wildman–Crippen MR) is 110 cm³/mol. The summed E-state index contributed by atoms with van der Waals surface area (Å²) in [7, 11) is 0. The summed E-state index contributed by atoms with van der Waals surface area (Å²) in [5.41, 5.74) is 1.28. The highest BCUT2D eigenvalue weighted by atomic mass is 16.5. The zero-order valence-corrected chi connectivity index (χ0v) is 17.0. The third-order valence-electron chi connectivity index (χ3n) is 6.12. The summed E-state index contributed by atoms with van der Waals surface area (Å²) >= 11 is 0. The van der Waals surface area contributed by atoms with Crippen LogP contribution in [0.25, 0.3) is 0 Å². The molecule has 0 bridgehead atoms. The van der Waals surface area contributed by atoms with Gasteiger partial charge in [0.1, 0.15) is 6.10 Å². The van der Waals surface area contributed by atoms with Gasteiger partial charge >= 0.3 is 0 Å². The average Bonchev–Trinajstić information content (AvgIpc) is 3.30. The number of hydrogen-bond donors (Lipinski definition) is 1. The van der Waals surface area contributed by atoms with E-state index < -0.39 is 0 Å². The largest absolute Gasteiger partial charge is 0.379 e.